The van der Waals surface area contributed by atoms with Gasteiger partial charge in [-0.05, 0) is 6.92 Å². The summed E-state index contributed by atoms with van der Waals surface area (Å²) < 4.78 is 1.92. The van der Waals surface area contributed by atoms with E-state index in [4.69, 9.17) is 5.73 Å². The molecule has 0 atom stereocenters. The highest BCUT2D eigenvalue weighted by Gasteiger charge is 2.10. The van der Waals surface area contributed by atoms with E-state index in [1.165, 1.54) is 0 Å². The van der Waals surface area contributed by atoms with Crippen LogP contribution in [0.5, 0.6) is 0 Å². The van der Waals surface area contributed by atoms with Gasteiger partial charge >= 0.3 is 0 Å². The number of nitrogens with two attached hydrogens (primary N) is 1. The number of nitrogens with zero attached hydrogens (tertiary/aromatic N) is 4. The van der Waals surface area contributed by atoms with Gasteiger partial charge in [0.05, 0.1) is 0 Å². The fourth-order valence-electron chi connectivity index (χ4n) is 1.40. The predicted octanol–water partition coefficient (Wildman–Crippen LogP) is 0.816. The molecule has 0 bridgehead atoms. The molecule has 0 fully saturated rings. The number of anilines is 1. The van der Waals surface area contributed by atoms with Crippen molar-refractivity contribution in [3.8, 4) is 0 Å². The van der Waals surface area contributed by atoms with Crippen molar-refractivity contribution in [1.82, 2.24) is 19.5 Å². The van der Waals surface area contributed by atoms with Gasteiger partial charge in [-0.2, -0.15) is 0 Å². The molecule has 2 heterocycles. The molecule has 0 unspecified atom stereocenters. The third-order valence-electron chi connectivity index (χ3n) is 2.33. The number of nitrogen functional groups attached to an aromatic ring is 1. The lowest BCUT2D eigenvalue weighted by molar-refractivity contribution is 0.861. The fraction of sp³-hybridized carbons (Fsp3) is 0.444. The minimum atomic E-state index is 0.468. The highest BCUT2D eigenvalue weighted by molar-refractivity contribution is 5.82. The Bertz CT molecular complexity index is 485. The summed E-state index contributed by atoms with van der Waals surface area (Å²) in [5.74, 6) is 2.13. The highest BCUT2D eigenvalue weighted by Crippen LogP contribution is 2.17. The lowest BCUT2D eigenvalue weighted by atomic mass is 10.4. The molecule has 5 heteroatoms. The molecular weight excluding hydrogens is 178 g/mol. The van der Waals surface area contributed by atoms with Gasteiger partial charge in [0.25, 0.3) is 0 Å². The van der Waals surface area contributed by atoms with Crippen LogP contribution in [0.25, 0.3) is 11.2 Å². The van der Waals surface area contributed by atoms with Crippen molar-refractivity contribution in [2.75, 3.05) is 5.73 Å². The SMILES string of the molecule is CCc1nc(N)c2nc(C)n(C)c2n1. The predicted molar refractivity (Wildman–Crippen MR) is 54.8 cm³/mol. The summed E-state index contributed by atoms with van der Waals surface area (Å²) in [5, 5.41) is 0. The van der Waals surface area contributed by atoms with E-state index in [2.05, 4.69) is 15.0 Å². The van der Waals surface area contributed by atoms with Crippen molar-refractivity contribution in [1.29, 1.82) is 0 Å². The van der Waals surface area contributed by atoms with Crippen LogP contribution in [0, 0.1) is 6.92 Å². The third kappa shape index (κ3) is 1.13. The maximum atomic E-state index is 5.79. The Morgan fingerprint density at radius 2 is 2.00 bits per heavy atom. The maximum absolute atomic E-state index is 5.79. The zero-order valence-electron chi connectivity index (χ0n) is 8.57. The zero-order chi connectivity index (χ0) is 10.3. The van der Waals surface area contributed by atoms with E-state index in [1.807, 2.05) is 25.5 Å². The van der Waals surface area contributed by atoms with Gasteiger partial charge in [0, 0.05) is 13.5 Å². The molecule has 14 heavy (non-hydrogen) atoms. The third-order valence-corrected chi connectivity index (χ3v) is 2.33. The molecule has 0 saturated carbocycles. The normalized spacial score (nSPS) is 11.1. The highest BCUT2D eigenvalue weighted by atomic mass is 15.1. The number of fused-ring (bicyclic) bond motifs is 1. The summed E-state index contributed by atoms with van der Waals surface area (Å²) in [6.45, 7) is 3.93. The van der Waals surface area contributed by atoms with Crippen molar-refractivity contribution >= 4 is 17.0 Å². The Morgan fingerprint density at radius 3 is 2.64 bits per heavy atom. The molecule has 0 saturated heterocycles. The van der Waals surface area contributed by atoms with E-state index in [0.717, 1.165) is 23.7 Å². The van der Waals surface area contributed by atoms with E-state index in [9.17, 15) is 0 Å². The van der Waals surface area contributed by atoms with Gasteiger partial charge in [-0.1, -0.05) is 6.92 Å². The van der Waals surface area contributed by atoms with Gasteiger partial charge < -0.3 is 10.3 Å². The largest absolute Gasteiger partial charge is 0.382 e. The molecular formula is C9H13N5. The quantitative estimate of drug-likeness (QED) is 0.724. The van der Waals surface area contributed by atoms with E-state index < -0.39 is 0 Å². The monoisotopic (exact) mass is 191 g/mol. The molecule has 0 amide bonds. The van der Waals surface area contributed by atoms with E-state index in [-0.39, 0.29) is 0 Å². The number of rotatable bonds is 1. The van der Waals surface area contributed by atoms with Gasteiger partial charge in [-0.3, -0.25) is 0 Å². The molecule has 2 aromatic heterocycles. The topological polar surface area (TPSA) is 69.6 Å². The molecule has 2 aromatic rings. The van der Waals surface area contributed by atoms with Crippen molar-refractivity contribution in [2.24, 2.45) is 7.05 Å². The first kappa shape index (κ1) is 8.93. The smallest absolute Gasteiger partial charge is 0.165 e. The second kappa shape index (κ2) is 2.94. The molecule has 2 N–H and O–H groups in total. The van der Waals surface area contributed by atoms with Crippen LogP contribution < -0.4 is 5.73 Å². The Labute approximate surface area is 82.0 Å². The standard InChI is InChI=1S/C9H13N5/c1-4-6-12-8(10)7-9(13-6)14(3)5(2)11-7/h4H2,1-3H3,(H2,10,12,13). The first-order valence-corrected chi connectivity index (χ1v) is 4.59. The van der Waals surface area contributed by atoms with Crippen molar-refractivity contribution < 1.29 is 0 Å². The summed E-state index contributed by atoms with van der Waals surface area (Å²) in [6.07, 6.45) is 0.782. The van der Waals surface area contributed by atoms with E-state index in [0.29, 0.717) is 11.3 Å². The maximum Gasteiger partial charge on any atom is 0.165 e. The van der Waals surface area contributed by atoms with Gasteiger partial charge in [0.1, 0.15) is 11.6 Å². The molecule has 0 aliphatic heterocycles. The molecule has 0 aromatic carbocycles. The summed E-state index contributed by atoms with van der Waals surface area (Å²) in [6, 6.07) is 0. The lowest BCUT2D eigenvalue weighted by Crippen LogP contribution is -2.01. The first-order valence-electron chi connectivity index (χ1n) is 4.59. The minimum absolute atomic E-state index is 0.468. The van der Waals surface area contributed by atoms with Gasteiger partial charge in [-0.25, -0.2) is 15.0 Å². The average molecular weight is 191 g/mol. The lowest BCUT2D eigenvalue weighted by Gasteiger charge is -2.00. The molecule has 0 radical (unpaired) electrons. The second-order valence-corrected chi connectivity index (χ2v) is 3.27. The molecule has 0 spiro atoms. The number of aryl methyl sites for hydroxylation is 3. The first-order chi connectivity index (χ1) is 6.63. The Kier molecular flexibility index (Phi) is 1.87. The second-order valence-electron chi connectivity index (χ2n) is 3.27. The Balaban J connectivity index is 2.83. The van der Waals surface area contributed by atoms with Crippen LogP contribution in [-0.2, 0) is 13.5 Å². The molecule has 74 valence electrons. The van der Waals surface area contributed by atoms with Gasteiger partial charge in [0.15, 0.2) is 17.0 Å². The van der Waals surface area contributed by atoms with Crippen molar-refractivity contribution in [3.63, 3.8) is 0 Å². The molecule has 5 nitrogen and oxygen atoms in total. The van der Waals surface area contributed by atoms with E-state index in [1.54, 1.807) is 0 Å². The average Bonchev–Trinajstić information content (AvgIpc) is 2.45. The van der Waals surface area contributed by atoms with Crippen LogP contribution in [-0.4, -0.2) is 19.5 Å². The molecule has 2 rings (SSSR count). The van der Waals surface area contributed by atoms with E-state index >= 15 is 0 Å². The number of aromatic nitrogens is 4. The Hall–Kier alpha value is -1.65. The summed E-state index contributed by atoms with van der Waals surface area (Å²) in [4.78, 5) is 12.8. The van der Waals surface area contributed by atoms with Crippen LogP contribution in [0.15, 0.2) is 0 Å². The minimum Gasteiger partial charge on any atom is -0.382 e. The Morgan fingerprint density at radius 1 is 1.29 bits per heavy atom. The van der Waals surface area contributed by atoms with Gasteiger partial charge in [-0.15, -0.1) is 0 Å². The van der Waals surface area contributed by atoms with Crippen molar-refractivity contribution in [2.45, 2.75) is 20.3 Å². The van der Waals surface area contributed by atoms with Gasteiger partial charge in [0.2, 0.25) is 0 Å². The van der Waals surface area contributed by atoms with Crippen LogP contribution in [0.1, 0.15) is 18.6 Å². The summed E-state index contributed by atoms with van der Waals surface area (Å²) >= 11 is 0. The fourth-order valence-corrected chi connectivity index (χ4v) is 1.40. The van der Waals surface area contributed by atoms with Crippen LogP contribution >= 0.6 is 0 Å². The van der Waals surface area contributed by atoms with Crippen LogP contribution in [0.3, 0.4) is 0 Å². The number of imidazole rings is 1. The van der Waals surface area contributed by atoms with Crippen LogP contribution in [0.2, 0.25) is 0 Å². The zero-order valence-corrected chi connectivity index (χ0v) is 8.57. The number of hydrogen-bond donors (Lipinski definition) is 1. The van der Waals surface area contributed by atoms with Crippen LogP contribution in [0.4, 0.5) is 5.82 Å². The summed E-state index contributed by atoms with van der Waals surface area (Å²) in [5.41, 5.74) is 7.30. The number of hydrogen-bond acceptors (Lipinski definition) is 4. The van der Waals surface area contributed by atoms with Crippen molar-refractivity contribution in [3.05, 3.63) is 11.6 Å². The summed E-state index contributed by atoms with van der Waals surface area (Å²) in [7, 11) is 1.93. The molecule has 0 aliphatic rings. The molecule has 0 aliphatic carbocycles.